The number of nitrogens with one attached hydrogen (secondary N) is 1. The van der Waals surface area contributed by atoms with Crippen molar-refractivity contribution in [3.63, 3.8) is 0 Å². The van der Waals surface area contributed by atoms with Crippen LogP contribution in [-0.2, 0) is 11.8 Å². The minimum Gasteiger partial charge on any atom is -0.459 e. The molecule has 4 aromatic rings. The standard InChI is InChI=1S/C20H19N5O2S/c1-13(17-10-14-6-3-4-8-16(14)27-17)22-18(26)12-28-20-24-23-19(25(20)2)15-7-5-9-21-11-15/h3-11,13H,12H2,1-2H3,(H,22,26). The van der Waals surface area contributed by atoms with Gasteiger partial charge in [-0.1, -0.05) is 30.0 Å². The molecule has 0 spiro atoms. The second-order valence-corrected chi connectivity index (χ2v) is 7.31. The SMILES string of the molecule is CC(NC(=O)CSc1nnc(-c2cccnc2)n1C)c1cc2ccccc2o1. The smallest absolute Gasteiger partial charge is 0.231 e. The molecule has 1 aromatic carbocycles. The van der Waals surface area contributed by atoms with Crippen LogP contribution in [0.1, 0.15) is 18.7 Å². The number of hydrogen-bond acceptors (Lipinski definition) is 6. The normalized spacial score (nSPS) is 12.2. The van der Waals surface area contributed by atoms with Gasteiger partial charge in [0.2, 0.25) is 5.91 Å². The average Bonchev–Trinajstić information content (AvgIpc) is 3.30. The van der Waals surface area contributed by atoms with Gasteiger partial charge in [0.1, 0.15) is 11.3 Å². The van der Waals surface area contributed by atoms with Crippen LogP contribution in [0.25, 0.3) is 22.4 Å². The van der Waals surface area contributed by atoms with Crippen molar-refractivity contribution >= 4 is 28.6 Å². The summed E-state index contributed by atoms with van der Waals surface area (Å²) in [5.41, 5.74) is 1.70. The van der Waals surface area contributed by atoms with Gasteiger partial charge in [-0.3, -0.25) is 9.78 Å². The van der Waals surface area contributed by atoms with Crippen LogP contribution in [0.15, 0.2) is 64.4 Å². The van der Waals surface area contributed by atoms with E-state index in [0.29, 0.717) is 11.0 Å². The number of aromatic nitrogens is 4. The summed E-state index contributed by atoms with van der Waals surface area (Å²) in [5, 5.41) is 13.0. The summed E-state index contributed by atoms with van der Waals surface area (Å²) < 4.78 is 7.67. The van der Waals surface area contributed by atoms with Crippen LogP contribution in [0.2, 0.25) is 0 Å². The van der Waals surface area contributed by atoms with E-state index in [-0.39, 0.29) is 17.7 Å². The van der Waals surface area contributed by atoms with Crippen molar-refractivity contribution in [1.29, 1.82) is 0 Å². The molecule has 1 atom stereocenters. The highest BCUT2D eigenvalue weighted by atomic mass is 32.2. The van der Waals surface area contributed by atoms with E-state index in [0.717, 1.165) is 22.3 Å². The van der Waals surface area contributed by atoms with Gasteiger partial charge in [-0.25, -0.2) is 0 Å². The largest absolute Gasteiger partial charge is 0.459 e. The number of fused-ring (bicyclic) bond motifs is 1. The van der Waals surface area contributed by atoms with Crippen molar-refractivity contribution in [2.24, 2.45) is 7.05 Å². The van der Waals surface area contributed by atoms with Crippen molar-refractivity contribution < 1.29 is 9.21 Å². The zero-order valence-corrected chi connectivity index (χ0v) is 16.3. The molecular formula is C20H19N5O2S. The van der Waals surface area contributed by atoms with Gasteiger partial charge in [0.05, 0.1) is 11.8 Å². The van der Waals surface area contributed by atoms with E-state index in [1.54, 1.807) is 12.4 Å². The molecular weight excluding hydrogens is 374 g/mol. The van der Waals surface area contributed by atoms with E-state index in [1.165, 1.54) is 11.8 Å². The average molecular weight is 393 g/mol. The van der Waals surface area contributed by atoms with Gasteiger partial charge in [0.25, 0.3) is 0 Å². The van der Waals surface area contributed by atoms with E-state index in [2.05, 4.69) is 20.5 Å². The first-order valence-electron chi connectivity index (χ1n) is 8.82. The van der Waals surface area contributed by atoms with Gasteiger partial charge in [-0.15, -0.1) is 10.2 Å². The predicted molar refractivity (Wildman–Crippen MR) is 108 cm³/mol. The molecule has 1 unspecified atom stereocenters. The summed E-state index contributed by atoms with van der Waals surface area (Å²) in [5.74, 6) is 1.59. The molecule has 0 aliphatic heterocycles. The van der Waals surface area contributed by atoms with E-state index < -0.39 is 0 Å². The fourth-order valence-electron chi connectivity index (χ4n) is 2.89. The Bertz CT molecular complexity index is 1070. The molecule has 0 fully saturated rings. The number of rotatable bonds is 6. The maximum absolute atomic E-state index is 12.4. The molecule has 3 aromatic heterocycles. The number of carbonyl (C=O) groups is 1. The van der Waals surface area contributed by atoms with Gasteiger partial charge < -0.3 is 14.3 Å². The van der Waals surface area contributed by atoms with Crippen LogP contribution >= 0.6 is 11.8 Å². The first-order valence-corrected chi connectivity index (χ1v) is 9.81. The Morgan fingerprint density at radius 3 is 2.89 bits per heavy atom. The van der Waals surface area contributed by atoms with E-state index in [9.17, 15) is 4.79 Å². The Labute approximate surface area is 166 Å². The molecule has 3 heterocycles. The molecule has 8 heteroatoms. The van der Waals surface area contributed by atoms with Crippen LogP contribution < -0.4 is 5.32 Å². The number of amides is 1. The van der Waals surface area contributed by atoms with Gasteiger partial charge in [0, 0.05) is 30.4 Å². The Balaban J connectivity index is 1.37. The van der Waals surface area contributed by atoms with Crippen molar-refractivity contribution in [3.8, 4) is 11.4 Å². The minimum atomic E-state index is -0.217. The maximum atomic E-state index is 12.4. The lowest BCUT2D eigenvalue weighted by atomic mass is 10.2. The van der Waals surface area contributed by atoms with Gasteiger partial charge >= 0.3 is 0 Å². The van der Waals surface area contributed by atoms with Crippen molar-refractivity contribution in [1.82, 2.24) is 25.1 Å². The zero-order valence-electron chi connectivity index (χ0n) is 15.5. The molecule has 0 bridgehead atoms. The lowest BCUT2D eigenvalue weighted by molar-refractivity contribution is -0.119. The van der Waals surface area contributed by atoms with Crippen LogP contribution in [0, 0.1) is 0 Å². The molecule has 7 nitrogen and oxygen atoms in total. The quantitative estimate of drug-likeness (QED) is 0.504. The van der Waals surface area contributed by atoms with Crippen LogP contribution in [-0.4, -0.2) is 31.4 Å². The molecule has 0 aliphatic carbocycles. The summed E-state index contributed by atoms with van der Waals surface area (Å²) in [6, 6.07) is 13.3. The van der Waals surface area contributed by atoms with Crippen LogP contribution in [0.5, 0.6) is 0 Å². The highest BCUT2D eigenvalue weighted by molar-refractivity contribution is 7.99. The number of para-hydroxylation sites is 1. The predicted octanol–water partition coefficient (Wildman–Crippen LogP) is 3.59. The Morgan fingerprint density at radius 2 is 2.11 bits per heavy atom. The number of hydrogen-bond donors (Lipinski definition) is 1. The maximum Gasteiger partial charge on any atom is 0.231 e. The second-order valence-electron chi connectivity index (χ2n) is 6.37. The number of nitrogens with zero attached hydrogens (tertiary/aromatic N) is 4. The van der Waals surface area contributed by atoms with Crippen LogP contribution in [0.3, 0.4) is 0 Å². The molecule has 1 N–H and O–H groups in total. The number of benzene rings is 1. The lowest BCUT2D eigenvalue weighted by Crippen LogP contribution is -2.28. The molecule has 0 saturated heterocycles. The van der Waals surface area contributed by atoms with Crippen molar-refractivity contribution in [3.05, 3.63) is 60.6 Å². The fourth-order valence-corrected chi connectivity index (χ4v) is 3.61. The summed E-state index contributed by atoms with van der Waals surface area (Å²) >= 11 is 1.34. The number of thioether (sulfide) groups is 1. The van der Waals surface area contributed by atoms with Crippen molar-refractivity contribution in [2.75, 3.05) is 5.75 Å². The highest BCUT2D eigenvalue weighted by Gasteiger charge is 2.16. The van der Waals surface area contributed by atoms with Crippen LogP contribution in [0.4, 0.5) is 0 Å². The minimum absolute atomic E-state index is 0.0936. The molecule has 0 saturated carbocycles. The monoisotopic (exact) mass is 393 g/mol. The Morgan fingerprint density at radius 1 is 1.25 bits per heavy atom. The summed E-state index contributed by atoms with van der Waals surface area (Å²) in [7, 11) is 1.87. The third-order valence-electron chi connectivity index (χ3n) is 4.34. The summed E-state index contributed by atoms with van der Waals surface area (Å²) in [6.45, 7) is 1.91. The summed E-state index contributed by atoms with van der Waals surface area (Å²) in [4.78, 5) is 16.5. The van der Waals surface area contributed by atoms with Crippen molar-refractivity contribution in [2.45, 2.75) is 18.1 Å². The molecule has 0 aliphatic rings. The van der Waals surface area contributed by atoms with Gasteiger partial charge in [-0.2, -0.15) is 0 Å². The summed E-state index contributed by atoms with van der Waals surface area (Å²) in [6.07, 6.45) is 3.45. The zero-order chi connectivity index (χ0) is 19.5. The van der Waals surface area contributed by atoms with E-state index in [4.69, 9.17) is 4.42 Å². The van der Waals surface area contributed by atoms with Gasteiger partial charge in [-0.05, 0) is 31.2 Å². The molecule has 4 rings (SSSR count). The first-order chi connectivity index (χ1) is 13.6. The van der Waals surface area contributed by atoms with Gasteiger partial charge in [0.15, 0.2) is 11.0 Å². The van der Waals surface area contributed by atoms with E-state index in [1.807, 2.05) is 61.0 Å². The Hall–Kier alpha value is -3.13. The highest BCUT2D eigenvalue weighted by Crippen LogP contribution is 2.24. The molecule has 28 heavy (non-hydrogen) atoms. The third kappa shape index (κ3) is 3.77. The fraction of sp³-hybridized carbons (Fsp3) is 0.200. The number of carbonyl (C=O) groups excluding carboxylic acids is 1. The lowest BCUT2D eigenvalue weighted by Gasteiger charge is -2.11. The molecule has 0 radical (unpaired) electrons. The second kappa shape index (κ2) is 7.85. The molecule has 142 valence electrons. The third-order valence-corrected chi connectivity index (χ3v) is 5.36. The number of pyridine rings is 1. The Kier molecular flexibility index (Phi) is 5.12. The van der Waals surface area contributed by atoms with E-state index >= 15 is 0 Å². The molecule has 1 amide bonds. The number of furan rings is 1. The topological polar surface area (TPSA) is 85.8 Å². The first kappa shape index (κ1) is 18.2.